The minimum Gasteiger partial charge on any atom is -0.459 e. The maximum atomic E-state index is 12.9. The van der Waals surface area contributed by atoms with E-state index in [0.717, 1.165) is 11.3 Å². The van der Waals surface area contributed by atoms with Crippen molar-refractivity contribution >= 4 is 17.7 Å². The summed E-state index contributed by atoms with van der Waals surface area (Å²) in [5.74, 6) is -0.417. The molecule has 6 nitrogen and oxygen atoms in total. The van der Waals surface area contributed by atoms with E-state index in [1.54, 1.807) is 6.92 Å². The number of esters is 1. The molecule has 0 aromatic heterocycles. The van der Waals surface area contributed by atoms with Gasteiger partial charge in [-0.2, -0.15) is 0 Å². The van der Waals surface area contributed by atoms with Crippen molar-refractivity contribution < 1.29 is 14.3 Å². The molecule has 1 aromatic carbocycles. The van der Waals surface area contributed by atoms with E-state index in [9.17, 15) is 9.59 Å². The quantitative estimate of drug-likeness (QED) is 0.809. The van der Waals surface area contributed by atoms with Gasteiger partial charge in [-0.15, -0.1) is 0 Å². The third-order valence-corrected chi connectivity index (χ3v) is 4.74. The van der Waals surface area contributed by atoms with Crippen molar-refractivity contribution in [2.45, 2.75) is 46.8 Å². The summed E-state index contributed by atoms with van der Waals surface area (Å²) in [5, 5.41) is 5.50. The summed E-state index contributed by atoms with van der Waals surface area (Å²) < 4.78 is 5.68. The lowest BCUT2D eigenvalue weighted by atomic mass is 9.90. The van der Waals surface area contributed by atoms with Gasteiger partial charge in [-0.3, -0.25) is 0 Å². The minimum absolute atomic E-state index is 0.168. The molecule has 1 heterocycles. The number of ether oxygens (including phenoxy) is 1. The van der Waals surface area contributed by atoms with Gasteiger partial charge in [0.1, 0.15) is 6.10 Å². The first-order valence-electron chi connectivity index (χ1n) is 8.77. The summed E-state index contributed by atoms with van der Waals surface area (Å²) in [5.41, 5.74) is 2.65. The molecular weight excluding hydrogens is 330 g/mol. The number of nitrogens with one attached hydrogen (secondary N) is 2. The Kier molecular flexibility index (Phi) is 5.64. The minimum atomic E-state index is -0.542. The topological polar surface area (TPSA) is 70.7 Å². The molecule has 2 amide bonds. The number of allylic oxidation sites excluding steroid dienone is 1. The van der Waals surface area contributed by atoms with Crippen LogP contribution in [0.4, 0.5) is 10.5 Å². The summed E-state index contributed by atoms with van der Waals surface area (Å²) >= 11 is 0. The second kappa shape index (κ2) is 7.40. The second-order valence-electron chi connectivity index (χ2n) is 7.97. The van der Waals surface area contributed by atoms with Crippen LogP contribution in [-0.4, -0.2) is 32.2 Å². The fourth-order valence-corrected chi connectivity index (χ4v) is 2.58. The van der Waals surface area contributed by atoms with Crippen molar-refractivity contribution in [2.75, 3.05) is 19.0 Å². The van der Waals surface area contributed by atoms with Crippen molar-refractivity contribution in [1.29, 1.82) is 0 Å². The van der Waals surface area contributed by atoms with Crippen LogP contribution in [0, 0.1) is 5.41 Å². The van der Waals surface area contributed by atoms with Gasteiger partial charge in [-0.05, 0) is 37.0 Å². The summed E-state index contributed by atoms with van der Waals surface area (Å²) in [6, 6.07) is 6.88. The zero-order valence-electron chi connectivity index (χ0n) is 16.6. The van der Waals surface area contributed by atoms with Gasteiger partial charge in [0.2, 0.25) is 0 Å². The Bertz CT molecular complexity index is 715. The van der Waals surface area contributed by atoms with E-state index >= 15 is 0 Å². The largest absolute Gasteiger partial charge is 0.459 e. The summed E-state index contributed by atoms with van der Waals surface area (Å²) in [6.07, 6.45) is -0.260. The van der Waals surface area contributed by atoms with Crippen molar-refractivity contribution in [2.24, 2.45) is 5.41 Å². The molecule has 2 rings (SSSR count). The highest BCUT2D eigenvalue weighted by atomic mass is 16.5. The molecule has 1 aliphatic rings. The van der Waals surface area contributed by atoms with Crippen LogP contribution in [0.1, 0.15) is 46.2 Å². The molecule has 2 N–H and O–H groups in total. The average Bonchev–Trinajstić information content (AvgIpc) is 2.53. The first-order valence-corrected chi connectivity index (χ1v) is 8.77. The number of anilines is 1. The second-order valence-corrected chi connectivity index (χ2v) is 7.97. The molecule has 0 aliphatic carbocycles. The molecule has 0 saturated heterocycles. The maximum Gasteiger partial charge on any atom is 0.338 e. The lowest BCUT2D eigenvalue weighted by molar-refractivity contribution is -0.149. The number of nitrogens with zero attached hydrogens (tertiary/aromatic N) is 1. The zero-order chi connectivity index (χ0) is 19.6. The molecular formula is C20H29N3O3. The van der Waals surface area contributed by atoms with Gasteiger partial charge in [0.05, 0.1) is 11.6 Å². The Labute approximate surface area is 155 Å². The van der Waals surface area contributed by atoms with Crippen LogP contribution in [0.3, 0.4) is 0 Å². The van der Waals surface area contributed by atoms with Gasteiger partial charge in [0.15, 0.2) is 0 Å². The lowest BCUT2D eigenvalue weighted by Gasteiger charge is -2.31. The number of carbonyl (C=O) groups excluding carboxylic acids is 2. The normalized spacial score (nSPS) is 18.7. The maximum absolute atomic E-state index is 12.9. The average molecular weight is 359 g/mol. The van der Waals surface area contributed by atoms with Gasteiger partial charge >= 0.3 is 12.0 Å². The number of hydrogen-bond acceptors (Lipinski definition) is 4. The molecule has 0 bridgehead atoms. The number of amides is 2. The number of rotatable bonds is 4. The lowest BCUT2D eigenvalue weighted by Crippen LogP contribution is -2.46. The van der Waals surface area contributed by atoms with Gasteiger partial charge in [-0.1, -0.05) is 32.9 Å². The molecule has 0 unspecified atom stereocenters. The van der Waals surface area contributed by atoms with E-state index in [-0.39, 0.29) is 17.6 Å². The Hall–Kier alpha value is -2.50. The summed E-state index contributed by atoms with van der Waals surface area (Å²) in [6.45, 7) is 9.65. The van der Waals surface area contributed by atoms with Crippen LogP contribution in [0.15, 0.2) is 35.5 Å². The molecule has 2 atom stereocenters. The molecule has 6 heteroatoms. The summed E-state index contributed by atoms with van der Waals surface area (Å²) in [7, 11) is 3.92. The Morgan fingerprint density at radius 1 is 1.19 bits per heavy atom. The molecule has 0 fully saturated rings. The molecule has 1 aromatic rings. The third kappa shape index (κ3) is 4.36. The Morgan fingerprint density at radius 3 is 2.27 bits per heavy atom. The van der Waals surface area contributed by atoms with E-state index in [1.165, 1.54) is 0 Å². The van der Waals surface area contributed by atoms with Crippen LogP contribution >= 0.6 is 0 Å². The third-order valence-electron chi connectivity index (χ3n) is 4.74. The van der Waals surface area contributed by atoms with E-state index in [0.29, 0.717) is 11.3 Å². The zero-order valence-corrected chi connectivity index (χ0v) is 16.6. The van der Waals surface area contributed by atoms with E-state index in [4.69, 9.17) is 4.74 Å². The SMILES string of the molecule is CC1=C(C(=O)O[C@H](C)C(C)(C)C)[C@H](c2ccc(N(C)C)cc2)NC(=O)N1. The Balaban J connectivity index is 2.35. The highest BCUT2D eigenvalue weighted by molar-refractivity contribution is 5.95. The van der Waals surface area contributed by atoms with Crippen LogP contribution in [-0.2, 0) is 9.53 Å². The number of urea groups is 1. The molecule has 0 radical (unpaired) electrons. The van der Waals surface area contributed by atoms with E-state index in [1.807, 2.05) is 71.0 Å². The highest BCUT2D eigenvalue weighted by Crippen LogP contribution is 2.30. The van der Waals surface area contributed by atoms with Crippen molar-refractivity contribution in [3.63, 3.8) is 0 Å². The molecule has 26 heavy (non-hydrogen) atoms. The number of benzene rings is 1. The van der Waals surface area contributed by atoms with Crippen molar-refractivity contribution in [3.8, 4) is 0 Å². The molecule has 1 aliphatic heterocycles. The van der Waals surface area contributed by atoms with E-state index < -0.39 is 12.0 Å². The predicted octanol–water partition coefficient (Wildman–Crippen LogP) is 3.36. The fourth-order valence-electron chi connectivity index (χ4n) is 2.58. The predicted molar refractivity (Wildman–Crippen MR) is 103 cm³/mol. The first-order chi connectivity index (χ1) is 12.0. The smallest absolute Gasteiger partial charge is 0.338 e. The molecule has 0 spiro atoms. The van der Waals surface area contributed by atoms with E-state index in [2.05, 4.69) is 10.6 Å². The highest BCUT2D eigenvalue weighted by Gasteiger charge is 2.34. The monoisotopic (exact) mass is 359 g/mol. The van der Waals surface area contributed by atoms with Gasteiger partial charge < -0.3 is 20.3 Å². The molecule has 0 saturated carbocycles. The van der Waals surface area contributed by atoms with Gasteiger partial charge in [0.25, 0.3) is 0 Å². The van der Waals surface area contributed by atoms with Crippen molar-refractivity contribution in [3.05, 3.63) is 41.1 Å². The molecule has 142 valence electrons. The summed E-state index contributed by atoms with van der Waals surface area (Å²) in [4.78, 5) is 26.8. The van der Waals surface area contributed by atoms with Crippen LogP contribution in [0.2, 0.25) is 0 Å². The van der Waals surface area contributed by atoms with Gasteiger partial charge in [0, 0.05) is 25.5 Å². The number of carbonyl (C=O) groups is 2. The number of hydrogen-bond donors (Lipinski definition) is 2. The van der Waals surface area contributed by atoms with Crippen molar-refractivity contribution in [1.82, 2.24) is 10.6 Å². The van der Waals surface area contributed by atoms with Crippen LogP contribution in [0.5, 0.6) is 0 Å². The van der Waals surface area contributed by atoms with Gasteiger partial charge in [-0.25, -0.2) is 9.59 Å². The standard InChI is InChI=1S/C20H29N3O3/c1-12-16(18(24)26-13(2)20(3,4)5)17(22-19(25)21-12)14-8-10-15(11-9-14)23(6)7/h8-11,13,17H,1-7H3,(H2,21,22,25)/t13-,17+/m1/s1. The van der Waals surface area contributed by atoms with Crippen LogP contribution in [0.25, 0.3) is 0 Å². The Morgan fingerprint density at radius 2 is 1.77 bits per heavy atom. The fraction of sp³-hybridized carbons (Fsp3) is 0.500. The first kappa shape index (κ1) is 19.8. The van der Waals surface area contributed by atoms with Crippen LogP contribution < -0.4 is 15.5 Å².